The number of pyridine rings is 1. The fraction of sp³-hybridized carbons (Fsp3) is 0.151. The van der Waals surface area contributed by atoms with E-state index >= 15 is 0 Å². The summed E-state index contributed by atoms with van der Waals surface area (Å²) in [6, 6.07) is 46.6. The SMILES string of the molecule is CC(C)COc1ccc(-c2csc3c(=O)[nH]c(-c4nccn4C)nc23)cn1.Cc1cccc(-c2c(C)sc3c(=O)[nH]c(-c4nccn4C)nc23)c1.Cc1cccc(-c2csc3c(=O)[nH]c(-c4ccncn4)nc23)c1.Cc1cccc(-c2csc3c(=O)[nH]c(-c4nccn4C)nc23)c1.Cc1cccc(-c2csc3c(=O)[nH]c(-c4nccn4C)nc23)c1.Cc1ccccc1-c1c(C)sc2c(=O)[nH]c(-c3nccn3C)nc12. The highest BCUT2D eigenvalue weighted by atomic mass is 32.1. The second-order valence-corrected chi connectivity index (χ2v) is 40.5. The van der Waals surface area contributed by atoms with Crippen LogP contribution in [0, 0.1) is 54.4 Å². The number of hydrogen-bond acceptors (Lipinski definition) is 27. The zero-order valence-corrected chi connectivity index (χ0v) is 85.1. The molecule has 0 bridgehead atoms. The molecule has 38 heteroatoms. The second-order valence-electron chi connectivity index (χ2n) is 34.5. The summed E-state index contributed by atoms with van der Waals surface area (Å²) in [4.78, 5) is 156. The molecule has 6 N–H and O–H groups in total. The highest BCUT2D eigenvalue weighted by Crippen LogP contribution is 2.42. The van der Waals surface area contributed by atoms with E-state index in [0.29, 0.717) is 127 Å². The molecule has 0 fully saturated rings. The van der Waals surface area contributed by atoms with E-state index in [0.717, 1.165) is 98.6 Å². The average Bonchev–Trinajstić information content (AvgIpc) is 1.59. The van der Waals surface area contributed by atoms with Gasteiger partial charge in [0.15, 0.2) is 64.1 Å². The molecule has 19 heterocycles. The Hall–Kier alpha value is -16.8. The van der Waals surface area contributed by atoms with Crippen LogP contribution in [0.3, 0.4) is 0 Å². The molecule has 0 unspecified atom stereocenters. The van der Waals surface area contributed by atoms with Crippen molar-refractivity contribution in [3.63, 3.8) is 0 Å². The van der Waals surface area contributed by atoms with Crippen molar-refractivity contribution in [2.45, 2.75) is 62.3 Å². The molecule has 0 atom stereocenters. The van der Waals surface area contributed by atoms with Crippen molar-refractivity contribution in [1.29, 1.82) is 0 Å². The summed E-state index contributed by atoms with van der Waals surface area (Å²) in [6.07, 6.45) is 22.4. The van der Waals surface area contributed by atoms with E-state index in [1.165, 1.54) is 102 Å². The monoisotopic (exact) mass is 2020 g/mol. The van der Waals surface area contributed by atoms with Gasteiger partial charge >= 0.3 is 0 Å². The Morgan fingerprint density at radius 2 is 0.653 bits per heavy atom. The average molecular weight is 2020 g/mol. The molecule has 0 aliphatic carbocycles. The first kappa shape index (κ1) is 96.1. The Morgan fingerprint density at radius 3 is 0.993 bits per heavy atom. The van der Waals surface area contributed by atoms with Crippen LogP contribution in [0.15, 0.2) is 271 Å². The van der Waals surface area contributed by atoms with Gasteiger partial charge in [0, 0.05) is 186 Å². The minimum Gasteiger partial charge on any atom is -0.477 e. The van der Waals surface area contributed by atoms with Crippen molar-refractivity contribution in [3.8, 4) is 142 Å². The third-order valence-electron chi connectivity index (χ3n) is 23.5. The number of nitrogens with one attached hydrogen (secondary N) is 6. The summed E-state index contributed by atoms with van der Waals surface area (Å²) in [6.45, 7) is 19.2. The number of H-pyrrole nitrogens is 6. The maximum Gasteiger partial charge on any atom is 0.269 e. The van der Waals surface area contributed by atoms with Crippen molar-refractivity contribution in [1.82, 2.24) is 123 Å². The number of ether oxygens (including phenoxy) is 1. The van der Waals surface area contributed by atoms with Gasteiger partial charge in [0.25, 0.3) is 33.4 Å². The molecule has 0 aliphatic heterocycles. The molecule has 19 aromatic heterocycles. The van der Waals surface area contributed by atoms with Gasteiger partial charge in [0.1, 0.15) is 40.2 Å². The number of rotatable bonds is 15. The van der Waals surface area contributed by atoms with Crippen molar-refractivity contribution < 1.29 is 4.74 Å². The zero-order valence-electron chi connectivity index (χ0n) is 80.2. The Balaban J connectivity index is 0.000000109. The van der Waals surface area contributed by atoms with Gasteiger partial charge in [-0.2, -0.15) is 0 Å². The molecular weight excluding hydrogens is 1930 g/mol. The van der Waals surface area contributed by atoms with E-state index < -0.39 is 0 Å². The van der Waals surface area contributed by atoms with Crippen LogP contribution in [0.5, 0.6) is 5.88 Å². The second kappa shape index (κ2) is 41.2. The molecule has 32 nitrogen and oxygen atoms in total. The fourth-order valence-electron chi connectivity index (χ4n) is 16.4. The summed E-state index contributed by atoms with van der Waals surface area (Å²) in [5.41, 5.74) is 22.1. The largest absolute Gasteiger partial charge is 0.477 e. The molecule has 0 spiro atoms. The number of nitrogens with zero attached hydrogens (tertiary/aromatic N) is 19. The third-order valence-corrected chi connectivity index (χ3v) is 29.5. The first-order chi connectivity index (χ1) is 69.6. The molecule has 0 aliphatic rings. The summed E-state index contributed by atoms with van der Waals surface area (Å²) in [5, 5.41) is 7.89. The highest BCUT2D eigenvalue weighted by molar-refractivity contribution is 7.20. The van der Waals surface area contributed by atoms with Crippen LogP contribution >= 0.6 is 68.0 Å². The van der Waals surface area contributed by atoms with Gasteiger partial charge < -0.3 is 57.5 Å². The van der Waals surface area contributed by atoms with E-state index in [1.807, 2.05) is 204 Å². The van der Waals surface area contributed by atoms with Crippen LogP contribution in [0.2, 0.25) is 0 Å². The van der Waals surface area contributed by atoms with E-state index in [2.05, 4.69) is 192 Å². The van der Waals surface area contributed by atoms with E-state index in [1.54, 1.807) is 49.4 Å². The minimum absolute atomic E-state index is 0.120. The van der Waals surface area contributed by atoms with Gasteiger partial charge in [-0.25, -0.2) is 69.8 Å². The quantitative estimate of drug-likeness (QED) is 0.0555. The van der Waals surface area contributed by atoms with E-state index in [9.17, 15) is 28.8 Å². The fourth-order valence-corrected chi connectivity index (χ4v) is 22.1. The number of fused-ring (bicyclic) bond motifs is 6. The molecule has 0 amide bonds. The van der Waals surface area contributed by atoms with Crippen LogP contribution in [0.1, 0.15) is 51.4 Å². The molecule has 5 aromatic carbocycles. The number of thiophene rings is 6. The molecule has 0 radical (unpaired) electrons. The van der Waals surface area contributed by atoms with Gasteiger partial charge in [0.2, 0.25) is 5.88 Å². The standard InChI is InChI=1S/C19H19N5O2S.2C18H16N4OS.2C17H14N4OS.C17H12N4OS/c1-11(2)9-26-14-5-4-12(8-21-14)13-10-27-16-15(13)22-17(23-19(16)25)18-20-6-7-24(18)3;1-10-5-4-6-12(9-10)13-11(2)24-15-14(13)20-16(21-18(15)23)17-19-7-8-22(17)3;1-10-6-4-5-7-12(10)13-11(2)24-15-14(13)20-16(21-18(15)23)17-19-8-9-22(17)3;2*1-10-4-3-5-11(8-10)12-9-23-14-13(12)19-15(20-17(14)22)16-18-6-7-21(16)2;1-10-3-2-4-11(7-10)12-8-23-15-14(12)20-16(21-17(15)22)13-5-6-18-9-19-13/h4-8,10-11H,9H2,1-3H3,(H,22,23,25);2*4-9H,1-3H3,(H,20,21,23);2*3-9H,1-2H3,(H,19,20,22);2-9H,1H3,(H,20,21,22). The van der Waals surface area contributed by atoms with Crippen molar-refractivity contribution in [2.24, 2.45) is 41.2 Å². The van der Waals surface area contributed by atoms with E-state index in [4.69, 9.17) is 14.7 Å². The first-order valence-corrected chi connectivity index (χ1v) is 50.5. The lowest BCUT2D eigenvalue weighted by Crippen LogP contribution is -2.09. The van der Waals surface area contributed by atoms with E-state index in [-0.39, 0.29) is 33.4 Å². The molecule has 144 heavy (non-hydrogen) atoms. The third kappa shape index (κ3) is 19.9. The number of aryl methyl sites for hydroxylation is 12. The first-order valence-electron chi connectivity index (χ1n) is 45.3. The molecule has 24 rings (SSSR count). The Kier molecular flexibility index (Phi) is 27.5. The van der Waals surface area contributed by atoms with Crippen LogP contribution in [-0.2, 0) is 35.2 Å². The Bertz CT molecular complexity index is 9160. The maximum atomic E-state index is 12.6. The molecule has 0 saturated heterocycles. The number of benzene rings is 5. The number of aromatic nitrogens is 25. The van der Waals surface area contributed by atoms with Gasteiger partial charge in [-0.3, -0.25) is 28.8 Å². The predicted molar refractivity (Wildman–Crippen MR) is 577 cm³/mol. The van der Waals surface area contributed by atoms with Crippen LogP contribution in [0.4, 0.5) is 0 Å². The smallest absolute Gasteiger partial charge is 0.269 e. The topological polar surface area (TPSA) is 411 Å². The van der Waals surface area contributed by atoms with Crippen LogP contribution in [-0.4, -0.2) is 129 Å². The minimum atomic E-state index is -0.168. The summed E-state index contributed by atoms with van der Waals surface area (Å²) in [7, 11) is 9.38. The van der Waals surface area contributed by atoms with Gasteiger partial charge in [-0.05, 0) is 99.9 Å². The number of imidazole rings is 5. The maximum absolute atomic E-state index is 12.6. The summed E-state index contributed by atoms with van der Waals surface area (Å²) in [5.74, 6) is 7.09. The van der Waals surface area contributed by atoms with Crippen molar-refractivity contribution >= 4 is 129 Å². The number of aromatic amines is 6. The normalized spacial score (nSPS) is 11.2. The van der Waals surface area contributed by atoms with Gasteiger partial charge in [-0.1, -0.05) is 157 Å². The van der Waals surface area contributed by atoms with Crippen LogP contribution < -0.4 is 38.1 Å². The van der Waals surface area contributed by atoms with Crippen molar-refractivity contribution in [3.05, 3.63) is 341 Å². The Morgan fingerprint density at radius 1 is 0.319 bits per heavy atom. The summed E-state index contributed by atoms with van der Waals surface area (Å²) < 4.78 is 18.6. The van der Waals surface area contributed by atoms with Crippen LogP contribution in [0.25, 0.3) is 198 Å². The lowest BCUT2D eigenvalue weighted by molar-refractivity contribution is 0.261. The Labute approximate surface area is 844 Å². The molecule has 0 saturated carbocycles. The predicted octanol–water partition coefficient (Wildman–Crippen LogP) is 21.0. The van der Waals surface area contributed by atoms with Gasteiger partial charge in [0.05, 0.1) is 39.7 Å². The lowest BCUT2D eigenvalue weighted by atomic mass is 10.0. The van der Waals surface area contributed by atoms with Crippen molar-refractivity contribution in [2.75, 3.05) is 6.61 Å². The molecular formula is C106H91N25O7S6. The molecule has 718 valence electrons. The molecule has 24 aromatic rings. The zero-order chi connectivity index (χ0) is 100. The highest BCUT2D eigenvalue weighted by Gasteiger charge is 2.25. The number of hydrogen-bond donors (Lipinski definition) is 6. The summed E-state index contributed by atoms with van der Waals surface area (Å²) >= 11 is 8.58. The lowest BCUT2D eigenvalue weighted by Gasteiger charge is -2.08. The van der Waals surface area contributed by atoms with Gasteiger partial charge in [-0.15, -0.1) is 68.0 Å².